The van der Waals surface area contributed by atoms with Crippen molar-refractivity contribution in [1.29, 1.82) is 0 Å². The van der Waals surface area contributed by atoms with Gasteiger partial charge in [-0.3, -0.25) is 0 Å². The van der Waals surface area contributed by atoms with E-state index in [1.807, 2.05) is 18.2 Å². The van der Waals surface area contributed by atoms with Crippen LogP contribution in [-0.4, -0.2) is 31.9 Å². The Morgan fingerprint density at radius 1 is 1.45 bits per heavy atom. The summed E-state index contributed by atoms with van der Waals surface area (Å²) in [6.45, 7) is 5.38. The van der Waals surface area contributed by atoms with Crippen LogP contribution in [-0.2, 0) is 0 Å². The lowest BCUT2D eigenvalue weighted by Crippen LogP contribution is -2.38. The third kappa shape index (κ3) is 3.94. The Bertz CT molecular complexity index is 477. The fourth-order valence-electron chi connectivity index (χ4n) is 1.70. The molecule has 0 saturated carbocycles. The van der Waals surface area contributed by atoms with Gasteiger partial charge < -0.3 is 25.3 Å². The molecule has 0 fully saturated rings. The van der Waals surface area contributed by atoms with Crippen LogP contribution in [0.25, 0.3) is 0 Å². The van der Waals surface area contributed by atoms with Crippen LogP contribution in [0.5, 0.6) is 17.2 Å². The van der Waals surface area contributed by atoms with Gasteiger partial charge in [-0.1, -0.05) is 6.92 Å². The van der Waals surface area contributed by atoms with Gasteiger partial charge in [0.1, 0.15) is 12.4 Å². The summed E-state index contributed by atoms with van der Waals surface area (Å²) in [7, 11) is 0. The predicted molar refractivity (Wildman–Crippen MR) is 77.4 cm³/mol. The van der Waals surface area contributed by atoms with Gasteiger partial charge in [0.25, 0.3) is 0 Å². The van der Waals surface area contributed by atoms with Crippen molar-refractivity contribution in [2.24, 2.45) is 10.7 Å². The minimum Gasteiger partial charge on any atom is -0.492 e. The predicted octanol–water partition coefficient (Wildman–Crippen LogP) is 1.50. The molecule has 0 spiro atoms. The van der Waals surface area contributed by atoms with Crippen molar-refractivity contribution in [3.05, 3.63) is 18.2 Å². The van der Waals surface area contributed by atoms with Crippen LogP contribution in [0, 0.1) is 0 Å². The molecule has 1 aromatic rings. The topological polar surface area (TPSA) is 78.1 Å². The van der Waals surface area contributed by atoms with Crippen molar-refractivity contribution in [3.8, 4) is 17.2 Å². The number of fused-ring (bicyclic) bond motifs is 1. The Kier molecular flexibility index (Phi) is 4.92. The molecule has 1 heterocycles. The second-order valence-corrected chi connectivity index (χ2v) is 4.58. The summed E-state index contributed by atoms with van der Waals surface area (Å²) in [4.78, 5) is 4.20. The standard InChI is InChI=1S/C14H21N3O3/c1-3-10(2)17-14(15)16-6-7-18-11-4-5-12-13(8-11)20-9-19-12/h4-5,8,10H,3,6-7,9H2,1-2H3,(H3,15,16,17). The van der Waals surface area contributed by atoms with Crippen LogP contribution in [0.1, 0.15) is 20.3 Å². The maximum absolute atomic E-state index is 5.75. The summed E-state index contributed by atoms with van der Waals surface area (Å²) in [5.74, 6) is 2.65. The monoisotopic (exact) mass is 279 g/mol. The average molecular weight is 279 g/mol. The van der Waals surface area contributed by atoms with Crippen molar-refractivity contribution in [2.45, 2.75) is 26.3 Å². The molecule has 1 aliphatic rings. The van der Waals surface area contributed by atoms with Gasteiger partial charge in [-0.05, 0) is 25.5 Å². The van der Waals surface area contributed by atoms with Crippen molar-refractivity contribution >= 4 is 5.96 Å². The molecule has 1 aromatic carbocycles. The van der Waals surface area contributed by atoms with Crippen LogP contribution in [0.4, 0.5) is 0 Å². The van der Waals surface area contributed by atoms with Crippen LogP contribution >= 0.6 is 0 Å². The van der Waals surface area contributed by atoms with Crippen LogP contribution in [0.15, 0.2) is 23.2 Å². The Morgan fingerprint density at radius 2 is 2.25 bits per heavy atom. The average Bonchev–Trinajstić information content (AvgIpc) is 2.91. The SMILES string of the molecule is CCC(C)NC(N)=NCCOc1ccc2c(c1)OCO2. The fourth-order valence-corrected chi connectivity index (χ4v) is 1.70. The molecule has 20 heavy (non-hydrogen) atoms. The zero-order chi connectivity index (χ0) is 14.4. The molecule has 0 aliphatic carbocycles. The van der Waals surface area contributed by atoms with E-state index >= 15 is 0 Å². The van der Waals surface area contributed by atoms with E-state index in [-0.39, 0.29) is 6.79 Å². The number of ether oxygens (including phenoxy) is 3. The number of nitrogens with one attached hydrogen (secondary N) is 1. The molecule has 1 unspecified atom stereocenters. The number of hydrogen-bond acceptors (Lipinski definition) is 4. The molecule has 2 rings (SSSR count). The van der Waals surface area contributed by atoms with Crippen LogP contribution in [0.3, 0.4) is 0 Å². The second kappa shape index (κ2) is 6.88. The lowest BCUT2D eigenvalue weighted by molar-refractivity contribution is 0.174. The lowest BCUT2D eigenvalue weighted by atomic mass is 10.3. The molecule has 6 heteroatoms. The molecule has 0 bridgehead atoms. The molecule has 6 nitrogen and oxygen atoms in total. The highest BCUT2D eigenvalue weighted by Crippen LogP contribution is 2.34. The van der Waals surface area contributed by atoms with Crippen molar-refractivity contribution in [1.82, 2.24) is 5.32 Å². The van der Waals surface area contributed by atoms with Gasteiger partial charge in [-0.2, -0.15) is 0 Å². The van der Waals surface area contributed by atoms with E-state index in [9.17, 15) is 0 Å². The molecule has 1 aliphatic heterocycles. The number of rotatable bonds is 6. The van der Waals surface area contributed by atoms with Gasteiger partial charge in [0, 0.05) is 12.1 Å². The largest absolute Gasteiger partial charge is 0.492 e. The van der Waals surface area contributed by atoms with Gasteiger partial charge in [0.2, 0.25) is 6.79 Å². The van der Waals surface area contributed by atoms with E-state index in [2.05, 4.69) is 24.2 Å². The summed E-state index contributed by atoms with van der Waals surface area (Å²) < 4.78 is 16.1. The normalized spacial score (nSPS) is 15.0. The third-order valence-electron chi connectivity index (χ3n) is 2.99. The highest BCUT2D eigenvalue weighted by molar-refractivity contribution is 5.78. The third-order valence-corrected chi connectivity index (χ3v) is 2.99. The molecule has 110 valence electrons. The van der Waals surface area contributed by atoms with Crippen LogP contribution in [0.2, 0.25) is 0 Å². The zero-order valence-electron chi connectivity index (χ0n) is 11.9. The zero-order valence-corrected chi connectivity index (χ0v) is 11.9. The van der Waals surface area contributed by atoms with Crippen molar-refractivity contribution in [3.63, 3.8) is 0 Å². The number of nitrogens with zero attached hydrogens (tertiary/aromatic N) is 1. The van der Waals surface area contributed by atoms with Crippen molar-refractivity contribution < 1.29 is 14.2 Å². The minimum absolute atomic E-state index is 0.265. The first-order chi connectivity index (χ1) is 9.69. The first-order valence-corrected chi connectivity index (χ1v) is 6.78. The maximum Gasteiger partial charge on any atom is 0.231 e. The van der Waals surface area contributed by atoms with E-state index in [0.29, 0.717) is 30.9 Å². The Balaban J connectivity index is 1.74. The lowest BCUT2D eigenvalue weighted by Gasteiger charge is -2.11. The Morgan fingerprint density at radius 3 is 3.05 bits per heavy atom. The van der Waals surface area contributed by atoms with Gasteiger partial charge >= 0.3 is 0 Å². The Labute approximate surface area is 118 Å². The molecule has 1 atom stereocenters. The first kappa shape index (κ1) is 14.3. The molecule has 0 radical (unpaired) electrons. The highest BCUT2D eigenvalue weighted by atomic mass is 16.7. The highest BCUT2D eigenvalue weighted by Gasteiger charge is 2.13. The minimum atomic E-state index is 0.265. The van der Waals surface area contributed by atoms with Gasteiger partial charge in [-0.15, -0.1) is 0 Å². The number of guanidine groups is 1. The molecule has 0 aromatic heterocycles. The molecular formula is C14H21N3O3. The number of aliphatic imine (C=N–C) groups is 1. The first-order valence-electron chi connectivity index (χ1n) is 6.78. The van der Waals surface area contributed by atoms with E-state index in [1.165, 1.54) is 0 Å². The van der Waals surface area contributed by atoms with Gasteiger partial charge in [0.05, 0.1) is 6.54 Å². The molecule has 3 N–H and O–H groups in total. The summed E-state index contributed by atoms with van der Waals surface area (Å²) in [6.07, 6.45) is 1.00. The van der Waals surface area contributed by atoms with E-state index < -0.39 is 0 Å². The second-order valence-electron chi connectivity index (χ2n) is 4.58. The van der Waals surface area contributed by atoms with E-state index in [1.54, 1.807) is 0 Å². The molecule has 0 amide bonds. The summed E-state index contributed by atoms with van der Waals surface area (Å²) in [5, 5.41) is 3.10. The summed E-state index contributed by atoms with van der Waals surface area (Å²) >= 11 is 0. The quantitative estimate of drug-likeness (QED) is 0.469. The number of hydrogen-bond donors (Lipinski definition) is 2. The van der Waals surface area contributed by atoms with Crippen LogP contribution < -0.4 is 25.3 Å². The van der Waals surface area contributed by atoms with Gasteiger partial charge in [0.15, 0.2) is 17.5 Å². The molecular weight excluding hydrogens is 258 g/mol. The Hall–Kier alpha value is -2.11. The number of nitrogens with two attached hydrogens (primary N) is 1. The van der Waals surface area contributed by atoms with Gasteiger partial charge in [-0.25, -0.2) is 4.99 Å². The van der Waals surface area contributed by atoms with E-state index in [4.69, 9.17) is 19.9 Å². The number of benzene rings is 1. The fraction of sp³-hybridized carbons (Fsp3) is 0.500. The molecule has 0 saturated heterocycles. The maximum atomic E-state index is 5.75. The smallest absolute Gasteiger partial charge is 0.231 e. The van der Waals surface area contributed by atoms with Crippen molar-refractivity contribution in [2.75, 3.05) is 19.9 Å². The summed E-state index contributed by atoms with van der Waals surface area (Å²) in [6, 6.07) is 5.82. The van der Waals surface area contributed by atoms with E-state index in [0.717, 1.165) is 17.9 Å². The summed E-state index contributed by atoms with van der Waals surface area (Å²) in [5.41, 5.74) is 5.75.